The summed E-state index contributed by atoms with van der Waals surface area (Å²) in [4.78, 5) is 27.3. The van der Waals surface area contributed by atoms with Crippen molar-refractivity contribution >= 4 is 11.8 Å². The SMILES string of the molecule is CC(NC(=O)c1ccc(C(C)(C)C)cc1)C(=O)NCc1ccc(CN2CCOCC2)cc1. The summed E-state index contributed by atoms with van der Waals surface area (Å²) in [6.45, 7) is 12.9. The third-order valence-corrected chi connectivity index (χ3v) is 5.75. The van der Waals surface area contributed by atoms with E-state index in [-0.39, 0.29) is 17.2 Å². The molecule has 0 bridgehead atoms. The Hall–Kier alpha value is -2.70. The second-order valence-corrected chi connectivity index (χ2v) is 9.45. The van der Waals surface area contributed by atoms with Crippen LogP contribution in [0.25, 0.3) is 0 Å². The molecule has 1 atom stereocenters. The summed E-state index contributed by atoms with van der Waals surface area (Å²) in [5.74, 6) is -0.456. The van der Waals surface area contributed by atoms with Crippen molar-refractivity contribution < 1.29 is 14.3 Å². The smallest absolute Gasteiger partial charge is 0.251 e. The van der Waals surface area contributed by atoms with Crippen LogP contribution in [0, 0.1) is 0 Å². The molecule has 1 aliphatic heterocycles. The van der Waals surface area contributed by atoms with Gasteiger partial charge in [-0.2, -0.15) is 0 Å². The van der Waals surface area contributed by atoms with Crippen LogP contribution in [0.1, 0.15) is 54.7 Å². The number of nitrogens with one attached hydrogen (secondary N) is 2. The number of hydrogen-bond acceptors (Lipinski definition) is 4. The number of ether oxygens (including phenoxy) is 1. The number of benzene rings is 2. The molecule has 1 saturated heterocycles. The lowest BCUT2D eigenvalue weighted by atomic mass is 9.86. The summed E-state index contributed by atoms with van der Waals surface area (Å²) in [5, 5.41) is 5.68. The second-order valence-electron chi connectivity index (χ2n) is 9.45. The highest BCUT2D eigenvalue weighted by Gasteiger charge is 2.18. The van der Waals surface area contributed by atoms with Gasteiger partial charge >= 0.3 is 0 Å². The number of rotatable bonds is 7. The maximum atomic E-state index is 12.5. The Labute approximate surface area is 191 Å². The average Bonchev–Trinajstić information content (AvgIpc) is 2.78. The van der Waals surface area contributed by atoms with Gasteiger partial charge in [0.15, 0.2) is 0 Å². The van der Waals surface area contributed by atoms with E-state index in [1.807, 2.05) is 24.3 Å². The minimum atomic E-state index is -0.620. The van der Waals surface area contributed by atoms with Crippen molar-refractivity contribution in [1.29, 1.82) is 0 Å². The Balaban J connectivity index is 1.45. The van der Waals surface area contributed by atoms with Crippen LogP contribution in [0.5, 0.6) is 0 Å². The molecule has 2 aromatic rings. The van der Waals surface area contributed by atoms with Crippen molar-refractivity contribution in [2.45, 2.75) is 52.2 Å². The molecule has 1 heterocycles. The lowest BCUT2D eigenvalue weighted by Gasteiger charge is -2.26. The topological polar surface area (TPSA) is 70.7 Å². The van der Waals surface area contributed by atoms with E-state index in [4.69, 9.17) is 4.74 Å². The first kappa shape index (κ1) is 24.0. The molecule has 2 aromatic carbocycles. The molecule has 2 amide bonds. The van der Waals surface area contributed by atoms with Gasteiger partial charge in [0.2, 0.25) is 5.91 Å². The summed E-state index contributed by atoms with van der Waals surface area (Å²) in [7, 11) is 0. The Morgan fingerprint density at radius 3 is 2.16 bits per heavy atom. The van der Waals surface area contributed by atoms with Crippen molar-refractivity contribution in [3.05, 3.63) is 70.8 Å². The first-order chi connectivity index (χ1) is 15.2. The van der Waals surface area contributed by atoms with Gasteiger partial charge in [0, 0.05) is 31.7 Å². The molecule has 0 aromatic heterocycles. The average molecular weight is 438 g/mol. The lowest BCUT2D eigenvalue weighted by Crippen LogP contribution is -2.44. The monoisotopic (exact) mass is 437 g/mol. The molecule has 1 aliphatic rings. The molecule has 2 N–H and O–H groups in total. The number of amides is 2. The van der Waals surface area contributed by atoms with Crippen LogP contribution >= 0.6 is 0 Å². The third-order valence-electron chi connectivity index (χ3n) is 5.75. The molecule has 6 nitrogen and oxygen atoms in total. The van der Waals surface area contributed by atoms with Crippen LogP contribution < -0.4 is 10.6 Å². The van der Waals surface area contributed by atoms with Gasteiger partial charge in [-0.3, -0.25) is 14.5 Å². The van der Waals surface area contributed by atoms with E-state index in [1.165, 1.54) is 5.56 Å². The van der Waals surface area contributed by atoms with Crippen LogP contribution in [-0.2, 0) is 28.0 Å². The molecular weight excluding hydrogens is 402 g/mol. The summed E-state index contributed by atoms with van der Waals surface area (Å²) >= 11 is 0. The molecule has 1 fully saturated rings. The zero-order valence-electron chi connectivity index (χ0n) is 19.6. The number of morpholine rings is 1. The van der Waals surface area contributed by atoms with Crippen molar-refractivity contribution in [2.24, 2.45) is 0 Å². The van der Waals surface area contributed by atoms with Gasteiger partial charge in [0.05, 0.1) is 13.2 Å². The van der Waals surface area contributed by atoms with Crippen LogP contribution in [0.4, 0.5) is 0 Å². The first-order valence-corrected chi connectivity index (χ1v) is 11.3. The Morgan fingerprint density at radius 1 is 0.969 bits per heavy atom. The van der Waals surface area contributed by atoms with Crippen molar-refractivity contribution in [3.8, 4) is 0 Å². The van der Waals surface area contributed by atoms with E-state index in [9.17, 15) is 9.59 Å². The van der Waals surface area contributed by atoms with Crippen molar-refractivity contribution in [2.75, 3.05) is 26.3 Å². The molecular formula is C26H35N3O3. The predicted octanol–water partition coefficient (Wildman–Crippen LogP) is 3.25. The summed E-state index contributed by atoms with van der Waals surface area (Å²) < 4.78 is 5.39. The van der Waals surface area contributed by atoms with Crippen LogP contribution in [0.15, 0.2) is 48.5 Å². The highest BCUT2D eigenvalue weighted by atomic mass is 16.5. The zero-order valence-corrected chi connectivity index (χ0v) is 19.6. The van der Waals surface area contributed by atoms with Gasteiger partial charge in [0.25, 0.3) is 5.91 Å². The fraction of sp³-hybridized carbons (Fsp3) is 0.462. The second kappa shape index (κ2) is 10.7. The maximum absolute atomic E-state index is 12.5. The molecule has 0 aliphatic carbocycles. The van der Waals surface area contributed by atoms with Gasteiger partial charge in [-0.25, -0.2) is 0 Å². The zero-order chi connectivity index (χ0) is 23.1. The van der Waals surface area contributed by atoms with E-state index in [1.54, 1.807) is 19.1 Å². The molecule has 0 radical (unpaired) electrons. The summed E-state index contributed by atoms with van der Waals surface area (Å²) in [6, 6.07) is 15.2. The van der Waals surface area contributed by atoms with Crippen LogP contribution in [-0.4, -0.2) is 49.1 Å². The van der Waals surface area contributed by atoms with E-state index >= 15 is 0 Å². The fourth-order valence-corrected chi connectivity index (χ4v) is 3.59. The normalized spacial score (nSPS) is 15.8. The van der Waals surface area contributed by atoms with Gasteiger partial charge in [0.1, 0.15) is 6.04 Å². The molecule has 6 heteroatoms. The van der Waals surface area contributed by atoms with Gasteiger partial charge in [-0.1, -0.05) is 57.2 Å². The highest BCUT2D eigenvalue weighted by Crippen LogP contribution is 2.22. The van der Waals surface area contributed by atoms with E-state index in [2.05, 4.69) is 48.4 Å². The molecule has 32 heavy (non-hydrogen) atoms. The number of nitrogens with zero attached hydrogens (tertiary/aromatic N) is 1. The van der Waals surface area contributed by atoms with Crippen molar-refractivity contribution in [1.82, 2.24) is 15.5 Å². The minimum absolute atomic E-state index is 0.0306. The molecule has 1 unspecified atom stereocenters. The summed E-state index contributed by atoms with van der Waals surface area (Å²) in [5.41, 5.74) is 4.02. The highest BCUT2D eigenvalue weighted by molar-refractivity contribution is 5.97. The molecule has 0 spiro atoms. The Kier molecular flexibility index (Phi) is 8.04. The fourth-order valence-electron chi connectivity index (χ4n) is 3.59. The van der Waals surface area contributed by atoms with Crippen molar-refractivity contribution in [3.63, 3.8) is 0 Å². The molecule has 3 rings (SSSR count). The van der Waals surface area contributed by atoms with E-state index in [0.717, 1.165) is 44.0 Å². The molecule has 0 saturated carbocycles. The van der Waals surface area contributed by atoms with Gasteiger partial charge in [-0.05, 0) is 41.2 Å². The minimum Gasteiger partial charge on any atom is -0.379 e. The van der Waals surface area contributed by atoms with Crippen LogP contribution in [0.3, 0.4) is 0 Å². The van der Waals surface area contributed by atoms with E-state index in [0.29, 0.717) is 12.1 Å². The Bertz CT molecular complexity index is 895. The summed E-state index contributed by atoms with van der Waals surface area (Å²) in [6.07, 6.45) is 0. The number of carbonyl (C=O) groups excluding carboxylic acids is 2. The number of carbonyl (C=O) groups is 2. The standard InChI is InChI=1S/C26H35N3O3/c1-19(28-25(31)22-9-11-23(12-10-22)26(2,3)4)24(30)27-17-20-5-7-21(8-6-20)18-29-13-15-32-16-14-29/h5-12,19H,13-18H2,1-4H3,(H,27,30)(H,28,31). The molecule has 172 valence electrons. The van der Waals surface area contributed by atoms with Gasteiger partial charge in [-0.15, -0.1) is 0 Å². The predicted molar refractivity (Wildman–Crippen MR) is 126 cm³/mol. The Morgan fingerprint density at radius 2 is 1.56 bits per heavy atom. The van der Waals surface area contributed by atoms with Crippen LogP contribution in [0.2, 0.25) is 0 Å². The lowest BCUT2D eigenvalue weighted by molar-refractivity contribution is -0.122. The maximum Gasteiger partial charge on any atom is 0.251 e. The number of hydrogen-bond donors (Lipinski definition) is 2. The largest absolute Gasteiger partial charge is 0.379 e. The van der Waals surface area contributed by atoms with Gasteiger partial charge < -0.3 is 15.4 Å². The quantitative estimate of drug-likeness (QED) is 0.698. The first-order valence-electron chi connectivity index (χ1n) is 11.3. The third kappa shape index (κ3) is 6.90. The van der Waals surface area contributed by atoms with E-state index < -0.39 is 6.04 Å².